The predicted octanol–water partition coefficient (Wildman–Crippen LogP) is 14.2. The van der Waals surface area contributed by atoms with Crippen LogP contribution in [0.4, 0.5) is 0 Å². The maximum Gasteiger partial charge on any atom is 0.472 e. The van der Waals surface area contributed by atoms with E-state index >= 15 is 0 Å². The summed E-state index contributed by atoms with van der Waals surface area (Å²) in [4.78, 5) is 35.1. The Labute approximate surface area is 357 Å². The van der Waals surface area contributed by atoms with Crippen LogP contribution in [0, 0.1) is 0 Å². The number of nitrogens with one attached hydrogen (secondary N) is 1. The fourth-order valence-electron chi connectivity index (χ4n) is 6.84. The van der Waals surface area contributed by atoms with Gasteiger partial charge in [0.1, 0.15) is 6.61 Å². The molecule has 9 nitrogen and oxygen atoms in total. The zero-order valence-electron chi connectivity index (χ0n) is 38.0. The fraction of sp³-hybridized carbons (Fsp3) is 0.875. The van der Waals surface area contributed by atoms with Gasteiger partial charge in [-0.25, -0.2) is 4.57 Å². The van der Waals surface area contributed by atoms with Gasteiger partial charge in [0.25, 0.3) is 0 Å². The second-order valence-electron chi connectivity index (χ2n) is 16.3. The first-order chi connectivity index (χ1) is 28.3. The SMILES string of the molecule is CCCCCCCC/C=C\CCCCCCCCCCCCCC(=O)OCC(COP(=O)(O)OCCNC)OC(=O)CCCCCCC/C=C\CCCCCCCC. The molecule has 0 aromatic heterocycles. The molecule has 0 aliphatic carbocycles. The molecule has 0 heterocycles. The van der Waals surface area contributed by atoms with Crippen molar-refractivity contribution in [2.75, 3.05) is 33.4 Å². The Morgan fingerprint density at radius 3 is 1.28 bits per heavy atom. The molecule has 0 aliphatic rings. The highest BCUT2D eigenvalue weighted by molar-refractivity contribution is 7.47. The Bertz CT molecular complexity index is 1010. The quantitative estimate of drug-likeness (QED) is 0.0267. The molecule has 0 bridgehead atoms. The van der Waals surface area contributed by atoms with E-state index in [1.54, 1.807) is 7.05 Å². The van der Waals surface area contributed by atoms with Crippen molar-refractivity contribution in [3.63, 3.8) is 0 Å². The van der Waals surface area contributed by atoms with Crippen molar-refractivity contribution < 1.29 is 37.6 Å². The number of carbonyl (C=O) groups is 2. The first-order valence-electron chi connectivity index (χ1n) is 24.3. The molecular formula is C48H92NO8P. The van der Waals surface area contributed by atoms with Gasteiger partial charge >= 0.3 is 19.8 Å². The Hall–Kier alpha value is -1.51. The number of carbonyl (C=O) groups excluding carboxylic acids is 2. The molecule has 2 N–H and O–H groups in total. The van der Waals surface area contributed by atoms with Crippen LogP contribution < -0.4 is 5.32 Å². The monoisotopic (exact) mass is 842 g/mol. The van der Waals surface area contributed by atoms with Crippen molar-refractivity contribution in [1.82, 2.24) is 5.32 Å². The van der Waals surface area contributed by atoms with E-state index in [1.165, 1.54) is 148 Å². The lowest BCUT2D eigenvalue weighted by Gasteiger charge is -2.20. The number of likely N-dealkylation sites (N-methyl/N-ethyl adjacent to an activating group) is 1. The third-order valence-electron chi connectivity index (χ3n) is 10.5. The van der Waals surface area contributed by atoms with E-state index in [1.807, 2.05) is 0 Å². The van der Waals surface area contributed by atoms with Gasteiger partial charge in [-0.1, -0.05) is 179 Å². The van der Waals surface area contributed by atoms with Crippen LogP contribution in [0.2, 0.25) is 0 Å². The number of phosphoric ester groups is 1. The lowest BCUT2D eigenvalue weighted by Crippen LogP contribution is -2.29. The molecule has 2 unspecified atom stereocenters. The molecular weight excluding hydrogens is 750 g/mol. The van der Waals surface area contributed by atoms with Gasteiger partial charge < -0.3 is 19.7 Å². The number of hydrogen-bond donors (Lipinski definition) is 2. The van der Waals surface area contributed by atoms with Gasteiger partial charge in [-0.05, 0) is 71.3 Å². The van der Waals surface area contributed by atoms with E-state index in [-0.39, 0.29) is 32.0 Å². The van der Waals surface area contributed by atoms with E-state index in [0.29, 0.717) is 13.0 Å². The Balaban J connectivity index is 4.11. The number of unbranched alkanes of at least 4 members (excludes halogenated alkanes) is 28. The highest BCUT2D eigenvalue weighted by Gasteiger charge is 2.26. The van der Waals surface area contributed by atoms with Gasteiger partial charge in [-0.3, -0.25) is 18.6 Å². The summed E-state index contributed by atoms with van der Waals surface area (Å²) in [5, 5.41) is 2.83. The smallest absolute Gasteiger partial charge is 0.462 e. The third-order valence-corrected chi connectivity index (χ3v) is 11.5. The summed E-state index contributed by atoms with van der Waals surface area (Å²) >= 11 is 0. The fourth-order valence-corrected chi connectivity index (χ4v) is 7.59. The van der Waals surface area contributed by atoms with Gasteiger partial charge in [0.05, 0.1) is 13.2 Å². The van der Waals surface area contributed by atoms with Crippen molar-refractivity contribution in [3.05, 3.63) is 24.3 Å². The van der Waals surface area contributed by atoms with Crippen molar-refractivity contribution in [2.24, 2.45) is 0 Å². The zero-order valence-corrected chi connectivity index (χ0v) is 38.9. The topological polar surface area (TPSA) is 120 Å². The second-order valence-corrected chi connectivity index (χ2v) is 17.7. The lowest BCUT2D eigenvalue weighted by atomic mass is 10.0. The summed E-state index contributed by atoms with van der Waals surface area (Å²) in [6.07, 6.45) is 47.9. The van der Waals surface area contributed by atoms with Gasteiger partial charge in [-0.15, -0.1) is 0 Å². The molecule has 0 fully saturated rings. The molecule has 2 atom stereocenters. The van der Waals surface area contributed by atoms with Crippen molar-refractivity contribution >= 4 is 19.8 Å². The lowest BCUT2D eigenvalue weighted by molar-refractivity contribution is -0.161. The summed E-state index contributed by atoms with van der Waals surface area (Å²) in [5.41, 5.74) is 0. The minimum atomic E-state index is -4.35. The molecule has 58 heavy (non-hydrogen) atoms. The molecule has 342 valence electrons. The van der Waals surface area contributed by atoms with Crippen LogP contribution in [0.15, 0.2) is 24.3 Å². The first-order valence-corrected chi connectivity index (χ1v) is 25.8. The highest BCUT2D eigenvalue weighted by Crippen LogP contribution is 2.43. The van der Waals surface area contributed by atoms with Gasteiger partial charge in [0, 0.05) is 19.4 Å². The summed E-state index contributed by atoms with van der Waals surface area (Å²) in [5.74, 6) is -0.808. The van der Waals surface area contributed by atoms with Crippen LogP contribution in [0.5, 0.6) is 0 Å². The molecule has 0 saturated heterocycles. The molecule has 0 amide bonds. The van der Waals surface area contributed by atoms with Crippen LogP contribution >= 0.6 is 7.82 Å². The van der Waals surface area contributed by atoms with Gasteiger partial charge in [0.15, 0.2) is 6.10 Å². The zero-order chi connectivity index (χ0) is 42.5. The summed E-state index contributed by atoms with van der Waals surface area (Å²) in [6, 6.07) is 0. The van der Waals surface area contributed by atoms with Crippen molar-refractivity contribution in [3.8, 4) is 0 Å². The van der Waals surface area contributed by atoms with E-state index in [2.05, 4.69) is 43.5 Å². The molecule has 10 heteroatoms. The molecule has 0 rings (SSSR count). The number of esters is 2. The maximum absolute atomic E-state index is 12.6. The summed E-state index contributed by atoms with van der Waals surface area (Å²) < 4.78 is 33.3. The van der Waals surface area contributed by atoms with E-state index in [9.17, 15) is 19.0 Å². The van der Waals surface area contributed by atoms with Gasteiger partial charge in [-0.2, -0.15) is 0 Å². The Morgan fingerprint density at radius 1 is 0.517 bits per heavy atom. The minimum Gasteiger partial charge on any atom is -0.462 e. The average molecular weight is 842 g/mol. The van der Waals surface area contributed by atoms with Crippen LogP contribution in [0.25, 0.3) is 0 Å². The van der Waals surface area contributed by atoms with Crippen LogP contribution in [-0.2, 0) is 32.7 Å². The predicted molar refractivity (Wildman–Crippen MR) is 243 cm³/mol. The Kier molecular flexibility index (Phi) is 43.9. The molecule has 0 spiro atoms. The largest absolute Gasteiger partial charge is 0.472 e. The van der Waals surface area contributed by atoms with E-state index < -0.39 is 26.5 Å². The second kappa shape index (κ2) is 45.0. The normalized spacial score (nSPS) is 13.4. The number of rotatable bonds is 46. The number of hydrogen-bond acceptors (Lipinski definition) is 8. The standard InChI is InChI=1S/C48H92NO8P/c1-4-6-8-10-12-14-16-18-20-21-22-23-24-25-27-28-30-32-34-36-38-40-47(50)54-44-46(45-56-58(52,53)55-43-42-49-3)57-48(51)41-39-37-35-33-31-29-26-19-17-15-13-11-9-7-5-2/h18-20,26,46,49H,4-17,21-25,27-45H2,1-3H3,(H,52,53)/b20-18-,26-19-. The molecule has 0 aromatic carbocycles. The number of ether oxygens (including phenoxy) is 2. The van der Waals surface area contributed by atoms with Crippen molar-refractivity contribution in [1.29, 1.82) is 0 Å². The molecule has 0 radical (unpaired) electrons. The van der Waals surface area contributed by atoms with Crippen LogP contribution in [-0.4, -0.2) is 56.3 Å². The first kappa shape index (κ1) is 56.5. The van der Waals surface area contributed by atoms with Crippen molar-refractivity contribution in [2.45, 2.75) is 238 Å². The molecule has 0 aromatic rings. The van der Waals surface area contributed by atoms with E-state index in [4.69, 9.17) is 18.5 Å². The van der Waals surface area contributed by atoms with Crippen LogP contribution in [0.1, 0.15) is 232 Å². The number of phosphoric acid groups is 1. The average Bonchev–Trinajstić information content (AvgIpc) is 3.21. The maximum atomic E-state index is 12.6. The molecule has 0 saturated carbocycles. The van der Waals surface area contributed by atoms with E-state index in [0.717, 1.165) is 51.4 Å². The highest BCUT2D eigenvalue weighted by atomic mass is 31.2. The minimum absolute atomic E-state index is 0.0170. The summed E-state index contributed by atoms with van der Waals surface area (Å²) in [7, 11) is -2.65. The van der Waals surface area contributed by atoms with Gasteiger partial charge in [0.2, 0.25) is 0 Å². The summed E-state index contributed by atoms with van der Waals surface area (Å²) in [6.45, 7) is 4.24. The molecule has 0 aliphatic heterocycles. The Morgan fingerprint density at radius 2 is 0.879 bits per heavy atom. The van der Waals surface area contributed by atoms with Crippen LogP contribution in [0.3, 0.4) is 0 Å². The number of allylic oxidation sites excluding steroid dienone is 4. The third kappa shape index (κ3) is 44.1.